The van der Waals surface area contributed by atoms with Crippen molar-refractivity contribution in [3.63, 3.8) is 0 Å². The summed E-state index contributed by atoms with van der Waals surface area (Å²) < 4.78 is 40.3. The number of anilines is 1. The van der Waals surface area contributed by atoms with Gasteiger partial charge < -0.3 is 9.80 Å². The van der Waals surface area contributed by atoms with Crippen LogP contribution in [-0.2, 0) is 17.5 Å². The molecule has 0 aliphatic carbocycles. The van der Waals surface area contributed by atoms with Gasteiger partial charge >= 0.3 is 6.18 Å². The minimum atomic E-state index is -4.38. The van der Waals surface area contributed by atoms with E-state index in [0.717, 1.165) is 12.1 Å². The lowest BCUT2D eigenvalue weighted by atomic mass is 10.1. The summed E-state index contributed by atoms with van der Waals surface area (Å²) in [6.45, 7) is 2.10. The van der Waals surface area contributed by atoms with Crippen molar-refractivity contribution in [3.8, 4) is 0 Å². The quantitative estimate of drug-likeness (QED) is 0.693. The highest BCUT2D eigenvalue weighted by Crippen LogP contribution is 2.32. The molecule has 3 heterocycles. The Balaban J connectivity index is 1.40. The molecule has 0 spiro atoms. The maximum absolute atomic E-state index is 12.9. The molecule has 1 fully saturated rings. The molecule has 2 aliphatic rings. The Morgan fingerprint density at radius 1 is 1.14 bits per heavy atom. The molecule has 0 saturated carbocycles. The second-order valence-corrected chi connectivity index (χ2v) is 8.03. The Morgan fingerprint density at radius 2 is 1.90 bits per heavy atom. The molecule has 2 aromatic rings. The van der Waals surface area contributed by atoms with Gasteiger partial charge in [-0.2, -0.15) is 13.2 Å². The average molecular weight is 424 g/mol. The molecule has 154 valence electrons. The fraction of sp³-hybridized carbons (Fsp3) is 0.421. The lowest BCUT2D eigenvalue weighted by Crippen LogP contribution is -2.52. The fourth-order valence-corrected chi connectivity index (χ4v) is 4.68. The van der Waals surface area contributed by atoms with Crippen LogP contribution in [-0.4, -0.2) is 52.3 Å². The van der Waals surface area contributed by atoms with Crippen LogP contribution < -0.4 is 10.5 Å². The van der Waals surface area contributed by atoms with E-state index in [2.05, 4.69) is 4.98 Å². The van der Waals surface area contributed by atoms with Crippen molar-refractivity contribution in [1.82, 2.24) is 14.5 Å². The van der Waals surface area contributed by atoms with Crippen LogP contribution in [0.5, 0.6) is 0 Å². The first-order valence-corrected chi connectivity index (χ1v) is 10.2. The molecule has 0 unspecified atom stereocenters. The number of hydrogen-bond donors (Lipinski definition) is 0. The number of benzene rings is 1. The van der Waals surface area contributed by atoms with E-state index in [0.29, 0.717) is 49.3 Å². The van der Waals surface area contributed by atoms with E-state index in [9.17, 15) is 22.8 Å². The number of thioether (sulfide) groups is 1. The van der Waals surface area contributed by atoms with Crippen molar-refractivity contribution >= 4 is 23.4 Å². The molecule has 10 heteroatoms. The van der Waals surface area contributed by atoms with Crippen LogP contribution in [0, 0.1) is 5.92 Å². The summed E-state index contributed by atoms with van der Waals surface area (Å²) in [7, 11) is 0. The van der Waals surface area contributed by atoms with Crippen LogP contribution in [0.2, 0.25) is 0 Å². The summed E-state index contributed by atoms with van der Waals surface area (Å²) >= 11 is 1.39. The number of rotatable bonds is 2. The molecule has 1 atom stereocenters. The molecule has 1 aromatic carbocycles. The van der Waals surface area contributed by atoms with E-state index >= 15 is 0 Å². The first-order chi connectivity index (χ1) is 13.8. The number of amides is 1. The van der Waals surface area contributed by atoms with Crippen LogP contribution >= 0.6 is 11.8 Å². The van der Waals surface area contributed by atoms with Gasteiger partial charge in [-0.05, 0) is 18.2 Å². The van der Waals surface area contributed by atoms with Crippen LogP contribution in [0.4, 0.5) is 18.9 Å². The highest BCUT2D eigenvalue weighted by molar-refractivity contribution is 7.99. The average Bonchev–Trinajstić information content (AvgIpc) is 2.73. The Kier molecular flexibility index (Phi) is 5.28. The molecule has 4 rings (SSSR count). The number of carbonyl (C=O) groups is 1. The van der Waals surface area contributed by atoms with Gasteiger partial charge in [-0.25, -0.2) is 4.98 Å². The molecule has 1 saturated heterocycles. The summed E-state index contributed by atoms with van der Waals surface area (Å²) in [5.74, 6) is 0.223. The van der Waals surface area contributed by atoms with Crippen LogP contribution in [0.15, 0.2) is 46.5 Å². The fourth-order valence-electron chi connectivity index (χ4n) is 3.62. The van der Waals surface area contributed by atoms with Crippen molar-refractivity contribution in [2.45, 2.75) is 17.9 Å². The van der Waals surface area contributed by atoms with Crippen molar-refractivity contribution in [2.75, 3.05) is 36.8 Å². The lowest BCUT2D eigenvalue weighted by Gasteiger charge is -2.38. The topological polar surface area (TPSA) is 58.4 Å². The van der Waals surface area contributed by atoms with Crippen molar-refractivity contribution in [2.24, 2.45) is 5.92 Å². The van der Waals surface area contributed by atoms with Gasteiger partial charge in [0.05, 0.1) is 11.5 Å². The first-order valence-electron chi connectivity index (χ1n) is 9.22. The monoisotopic (exact) mass is 424 g/mol. The normalized spacial score (nSPS) is 19.8. The summed E-state index contributed by atoms with van der Waals surface area (Å²) in [5, 5.41) is 0.621. The number of halogens is 3. The first kappa shape index (κ1) is 19.8. The molecule has 6 nitrogen and oxygen atoms in total. The molecular formula is C19H19F3N4O2S. The van der Waals surface area contributed by atoms with Gasteiger partial charge in [0, 0.05) is 56.4 Å². The molecule has 0 radical (unpaired) electrons. The van der Waals surface area contributed by atoms with Crippen LogP contribution in [0.25, 0.3) is 0 Å². The Bertz CT molecular complexity index is 970. The summed E-state index contributed by atoms with van der Waals surface area (Å²) in [6, 6.07) is 6.63. The largest absolute Gasteiger partial charge is 0.416 e. The van der Waals surface area contributed by atoms with E-state index < -0.39 is 11.7 Å². The number of hydrogen-bond acceptors (Lipinski definition) is 5. The number of carbonyl (C=O) groups excluding carboxylic acids is 1. The summed E-state index contributed by atoms with van der Waals surface area (Å²) in [4.78, 5) is 32.7. The Labute approximate surface area is 169 Å². The second kappa shape index (κ2) is 7.74. The van der Waals surface area contributed by atoms with Crippen LogP contribution in [0.1, 0.15) is 5.56 Å². The van der Waals surface area contributed by atoms with Gasteiger partial charge in [-0.15, -0.1) is 0 Å². The molecule has 0 bridgehead atoms. The number of nitrogens with zero attached hydrogens (tertiary/aromatic N) is 4. The third kappa shape index (κ3) is 4.12. The second-order valence-electron chi connectivity index (χ2n) is 7.04. The lowest BCUT2D eigenvalue weighted by molar-refractivity contribution is -0.137. The molecule has 29 heavy (non-hydrogen) atoms. The van der Waals surface area contributed by atoms with Crippen molar-refractivity contribution < 1.29 is 18.0 Å². The molecule has 0 N–H and O–H groups in total. The van der Waals surface area contributed by atoms with Crippen molar-refractivity contribution in [3.05, 3.63) is 52.4 Å². The molecule has 1 amide bonds. The van der Waals surface area contributed by atoms with E-state index in [-0.39, 0.29) is 17.4 Å². The molecule has 2 aliphatic heterocycles. The highest BCUT2D eigenvalue weighted by atomic mass is 32.2. The zero-order chi connectivity index (χ0) is 20.6. The zero-order valence-electron chi connectivity index (χ0n) is 15.4. The maximum Gasteiger partial charge on any atom is 0.416 e. The van der Waals surface area contributed by atoms with E-state index in [1.165, 1.54) is 34.7 Å². The van der Waals surface area contributed by atoms with Gasteiger partial charge in [0.1, 0.15) is 0 Å². The summed E-state index contributed by atoms with van der Waals surface area (Å²) in [5.41, 5.74) is -0.341. The van der Waals surface area contributed by atoms with E-state index in [1.807, 2.05) is 4.90 Å². The smallest absolute Gasteiger partial charge is 0.368 e. The van der Waals surface area contributed by atoms with Gasteiger partial charge in [0.25, 0.3) is 5.56 Å². The van der Waals surface area contributed by atoms with Gasteiger partial charge in [-0.3, -0.25) is 14.2 Å². The minimum Gasteiger partial charge on any atom is -0.368 e. The Morgan fingerprint density at radius 3 is 2.62 bits per heavy atom. The predicted molar refractivity (Wildman–Crippen MR) is 103 cm³/mol. The van der Waals surface area contributed by atoms with Gasteiger partial charge in [-0.1, -0.05) is 17.8 Å². The summed E-state index contributed by atoms with van der Waals surface area (Å²) in [6.07, 6.45) is -2.91. The maximum atomic E-state index is 12.9. The molecular weight excluding hydrogens is 405 g/mol. The number of aromatic nitrogens is 2. The SMILES string of the molecule is O=C([C@H]1CSc2nccc(=O)n2C1)N1CCN(c2cccc(C(F)(F)F)c2)CC1. The number of piperazine rings is 1. The Hall–Kier alpha value is -2.49. The van der Waals surface area contributed by atoms with E-state index in [4.69, 9.17) is 0 Å². The van der Waals surface area contributed by atoms with Gasteiger partial charge in [0.2, 0.25) is 5.91 Å². The zero-order valence-corrected chi connectivity index (χ0v) is 16.2. The van der Waals surface area contributed by atoms with Crippen LogP contribution in [0.3, 0.4) is 0 Å². The number of alkyl halides is 3. The molecule has 1 aromatic heterocycles. The number of fused-ring (bicyclic) bond motifs is 1. The minimum absolute atomic E-state index is 0.0254. The van der Waals surface area contributed by atoms with Gasteiger partial charge in [0.15, 0.2) is 5.16 Å². The standard InChI is InChI=1S/C19H19F3N4O2S/c20-19(21,22)14-2-1-3-15(10-14)24-6-8-25(9-7-24)17(28)13-11-26-16(27)4-5-23-18(26)29-12-13/h1-5,10,13H,6-9,11-12H2/t13-/m1/s1. The third-order valence-corrected chi connectivity index (χ3v) is 6.35. The van der Waals surface area contributed by atoms with E-state index in [1.54, 1.807) is 11.0 Å². The van der Waals surface area contributed by atoms with Crippen molar-refractivity contribution in [1.29, 1.82) is 0 Å². The third-order valence-electron chi connectivity index (χ3n) is 5.19. The predicted octanol–water partition coefficient (Wildman–Crippen LogP) is 2.33. The highest BCUT2D eigenvalue weighted by Gasteiger charge is 2.33.